The van der Waals surface area contributed by atoms with Crippen LogP contribution in [0.4, 0.5) is 0 Å². The molecule has 5 heteroatoms. The number of rotatable bonds is 3. The summed E-state index contributed by atoms with van der Waals surface area (Å²) >= 11 is 0. The number of aryl methyl sites for hydroxylation is 1. The second kappa shape index (κ2) is 7.86. The third-order valence-corrected chi connectivity index (χ3v) is 6.38. The normalized spacial score (nSPS) is 26.1. The summed E-state index contributed by atoms with van der Waals surface area (Å²) < 4.78 is 4.82. The molecule has 1 N–H and O–H groups in total. The Morgan fingerprint density at radius 1 is 1.25 bits per heavy atom. The number of hydrogen-bond acceptors (Lipinski definition) is 4. The molecule has 1 aliphatic carbocycles. The van der Waals surface area contributed by atoms with Crippen LogP contribution in [0.1, 0.15) is 51.9 Å². The first-order valence-corrected chi connectivity index (χ1v) is 9.72. The largest absolute Gasteiger partial charge is 0.465 e. The predicted molar refractivity (Wildman–Crippen MR) is 112 cm³/mol. The van der Waals surface area contributed by atoms with E-state index in [9.17, 15) is 9.90 Å². The van der Waals surface area contributed by atoms with E-state index in [1.807, 2.05) is 24.3 Å². The number of esters is 1. The molecule has 0 aromatic heterocycles. The van der Waals surface area contributed by atoms with E-state index in [2.05, 4.69) is 36.9 Å². The van der Waals surface area contributed by atoms with E-state index < -0.39 is 5.60 Å². The minimum atomic E-state index is -0.816. The van der Waals surface area contributed by atoms with Gasteiger partial charge in [-0.3, -0.25) is 0 Å². The summed E-state index contributed by atoms with van der Waals surface area (Å²) in [6.45, 7) is 6.89. The maximum absolute atomic E-state index is 11.8. The van der Waals surface area contributed by atoms with Gasteiger partial charge in [-0.05, 0) is 55.3 Å². The highest BCUT2D eigenvalue weighted by atomic mass is 35.5. The molecule has 2 aromatic rings. The second-order valence-electron chi connectivity index (χ2n) is 7.87. The number of methoxy groups -OCH3 is 1. The third-order valence-electron chi connectivity index (χ3n) is 6.38. The number of aliphatic hydroxyl groups is 1. The van der Waals surface area contributed by atoms with Gasteiger partial charge in [0.2, 0.25) is 0 Å². The second-order valence-corrected chi connectivity index (χ2v) is 7.87. The van der Waals surface area contributed by atoms with Gasteiger partial charge in [-0.2, -0.15) is 0 Å². The summed E-state index contributed by atoms with van der Waals surface area (Å²) in [6.07, 6.45) is 0.960. The van der Waals surface area contributed by atoms with Crippen LogP contribution in [0.3, 0.4) is 0 Å². The fraction of sp³-hybridized carbons (Fsp3) is 0.435. The van der Waals surface area contributed by atoms with Crippen LogP contribution in [0.25, 0.3) is 0 Å². The van der Waals surface area contributed by atoms with E-state index in [-0.39, 0.29) is 30.2 Å². The molecule has 28 heavy (non-hydrogen) atoms. The molecule has 0 bridgehead atoms. The number of carbonyl (C=O) groups is 1. The van der Waals surface area contributed by atoms with Crippen LogP contribution in [0.2, 0.25) is 0 Å². The summed E-state index contributed by atoms with van der Waals surface area (Å²) in [5.41, 5.74) is 4.40. The zero-order chi connectivity index (χ0) is 19.2. The number of piperidine rings is 1. The highest BCUT2D eigenvalue weighted by molar-refractivity contribution is 5.89. The summed E-state index contributed by atoms with van der Waals surface area (Å²) in [7, 11) is 1.40. The zero-order valence-corrected chi connectivity index (χ0v) is 17.5. The number of benzene rings is 2. The number of β-amino-alcohol motifs (C(OH)–C–C–N with tert-alkyl or cyclic N) is 1. The van der Waals surface area contributed by atoms with Gasteiger partial charge >= 0.3 is 5.97 Å². The molecule has 0 spiro atoms. The molecule has 150 valence electrons. The van der Waals surface area contributed by atoms with Crippen LogP contribution in [0, 0.1) is 12.8 Å². The number of likely N-dealkylation sites (tertiary alicyclic amines) is 1. The number of nitrogens with zero attached hydrogens (tertiary/aromatic N) is 1. The molecule has 0 amide bonds. The zero-order valence-electron chi connectivity index (χ0n) is 16.6. The van der Waals surface area contributed by atoms with Gasteiger partial charge < -0.3 is 14.7 Å². The van der Waals surface area contributed by atoms with Crippen molar-refractivity contribution in [3.05, 3.63) is 70.3 Å². The van der Waals surface area contributed by atoms with E-state index in [1.165, 1.54) is 18.2 Å². The monoisotopic (exact) mass is 401 g/mol. The molecule has 4 nitrogen and oxygen atoms in total. The number of carbonyl (C=O) groups excluding carboxylic acids is 1. The molecule has 3 atom stereocenters. The van der Waals surface area contributed by atoms with Gasteiger partial charge in [-0.15, -0.1) is 12.4 Å². The molecule has 1 fully saturated rings. The summed E-state index contributed by atoms with van der Waals surface area (Å²) in [5, 5.41) is 11.8. The van der Waals surface area contributed by atoms with Crippen molar-refractivity contribution in [2.75, 3.05) is 26.7 Å². The summed E-state index contributed by atoms with van der Waals surface area (Å²) in [4.78, 5) is 14.1. The first kappa shape index (κ1) is 20.8. The standard InChI is InChI=1S/C23H27NO3.ClH/c1-4-24-12-11-20-21(16-6-8-17(9-7-16)22(25)27-3)18-13-15(2)5-10-19(18)23(20,26)14-24;/h5-10,13,20-21,26H,4,11-12,14H2,1-3H3;1H. The molecular weight excluding hydrogens is 374 g/mol. The van der Waals surface area contributed by atoms with Gasteiger partial charge in [0.15, 0.2) is 0 Å². The van der Waals surface area contributed by atoms with Crippen molar-refractivity contribution < 1.29 is 14.6 Å². The van der Waals surface area contributed by atoms with Crippen molar-refractivity contribution in [1.82, 2.24) is 4.90 Å². The summed E-state index contributed by atoms with van der Waals surface area (Å²) in [5.74, 6) is -0.0198. The van der Waals surface area contributed by atoms with Gasteiger partial charge in [-0.25, -0.2) is 4.79 Å². The lowest BCUT2D eigenvalue weighted by Crippen LogP contribution is -2.50. The fourth-order valence-corrected chi connectivity index (χ4v) is 5.00. The van der Waals surface area contributed by atoms with Crippen molar-refractivity contribution in [3.8, 4) is 0 Å². The lowest BCUT2D eigenvalue weighted by Gasteiger charge is -2.43. The van der Waals surface area contributed by atoms with Crippen molar-refractivity contribution in [2.45, 2.75) is 31.8 Å². The van der Waals surface area contributed by atoms with E-state index in [1.54, 1.807) is 0 Å². The average molecular weight is 402 g/mol. The number of hydrogen-bond donors (Lipinski definition) is 1. The first-order chi connectivity index (χ1) is 13.0. The molecule has 3 unspecified atom stereocenters. The van der Waals surface area contributed by atoms with Crippen LogP contribution in [-0.4, -0.2) is 42.7 Å². The van der Waals surface area contributed by atoms with Gasteiger partial charge in [0, 0.05) is 18.4 Å². The van der Waals surface area contributed by atoms with Gasteiger partial charge in [0.25, 0.3) is 0 Å². The van der Waals surface area contributed by atoms with Crippen LogP contribution in [-0.2, 0) is 10.3 Å². The Labute approximate surface area is 172 Å². The van der Waals surface area contributed by atoms with Crippen molar-refractivity contribution in [2.24, 2.45) is 5.92 Å². The number of halogens is 1. The van der Waals surface area contributed by atoms with E-state index >= 15 is 0 Å². The van der Waals surface area contributed by atoms with E-state index in [0.29, 0.717) is 12.1 Å². The highest BCUT2D eigenvalue weighted by Gasteiger charge is 2.53. The molecule has 0 saturated carbocycles. The van der Waals surface area contributed by atoms with Crippen molar-refractivity contribution in [1.29, 1.82) is 0 Å². The fourth-order valence-electron chi connectivity index (χ4n) is 5.00. The predicted octanol–water partition coefficient (Wildman–Crippen LogP) is 3.88. The quantitative estimate of drug-likeness (QED) is 0.793. The lowest BCUT2D eigenvalue weighted by molar-refractivity contribution is -0.0752. The SMILES string of the molecule is CCN1CCC2C(c3ccc(C(=O)OC)cc3)c3cc(C)ccc3C2(O)C1.Cl. The van der Waals surface area contributed by atoms with Crippen molar-refractivity contribution in [3.63, 3.8) is 0 Å². The number of fused-ring (bicyclic) bond motifs is 3. The van der Waals surface area contributed by atoms with E-state index in [4.69, 9.17) is 4.74 Å². The van der Waals surface area contributed by atoms with Gasteiger partial charge in [0.1, 0.15) is 5.60 Å². The van der Waals surface area contributed by atoms with Crippen LogP contribution in [0.5, 0.6) is 0 Å². The Morgan fingerprint density at radius 3 is 2.61 bits per heavy atom. The lowest BCUT2D eigenvalue weighted by atomic mass is 9.75. The molecule has 1 saturated heterocycles. The molecule has 2 aliphatic rings. The van der Waals surface area contributed by atoms with Gasteiger partial charge in [-0.1, -0.05) is 42.8 Å². The molecule has 0 radical (unpaired) electrons. The van der Waals surface area contributed by atoms with Crippen LogP contribution < -0.4 is 0 Å². The Kier molecular flexibility index (Phi) is 5.85. The maximum Gasteiger partial charge on any atom is 0.337 e. The minimum Gasteiger partial charge on any atom is -0.465 e. The highest BCUT2D eigenvalue weighted by Crippen LogP contribution is 2.55. The Hall–Kier alpha value is -1.88. The molecular formula is C23H28ClNO3. The molecule has 4 rings (SSSR count). The minimum absolute atomic E-state index is 0. The number of likely N-dealkylation sites (N-methyl/N-ethyl adjacent to an activating group) is 1. The first-order valence-electron chi connectivity index (χ1n) is 9.72. The van der Waals surface area contributed by atoms with Crippen LogP contribution in [0.15, 0.2) is 42.5 Å². The number of ether oxygens (including phenoxy) is 1. The maximum atomic E-state index is 11.8. The van der Waals surface area contributed by atoms with Crippen LogP contribution >= 0.6 is 12.4 Å². The Bertz CT molecular complexity index is 867. The summed E-state index contributed by atoms with van der Waals surface area (Å²) in [6, 6.07) is 14.1. The third kappa shape index (κ3) is 3.24. The molecule has 1 aliphatic heterocycles. The van der Waals surface area contributed by atoms with Gasteiger partial charge in [0.05, 0.1) is 12.7 Å². The smallest absolute Gasteiger partial charge is 0.337 e. The Balaban J connectivity index is 0.00000225. The molecule has 1 heterocycles. The Morgan fingerprint density at radius 2 is 1.96 bits per heavy atom. The average Bonchev–Trinajstić information content (AvgIpc) is 2.94. The van der Waals surface area contributed by atoms with E-state index in [0.717, 1.165) is 30.6 Å². The van der Waals surface area contributed by atoms with Crippen molar-refractivity contribution >= 4 is 18.4 Å². The molecule has 2 aromatic carbocycles. The topological polar surface area (TPSA) is 49.8 Å².